The molecule has 1 unspecified atom stereocenters. The summed E-state index contributed by atoms with van der Waals surface area (Å²) in [7, 11) is 0. The van der Waals surface area contributed by atoms with Gasteiger partial charge in [-0.05, 0) is 38.5 Å². The van der Waals surface area contributed by atoms with Crippen molar-refractivity contribution in [2.45, 2.75) is 161 Å². The van der Waals surface area contributed by atoms with Gasteiger partial charge >= 0.3 is 11.9 Å². The Labute approximate surface area is 222 Å². The van der Waals surface area contributed by atoms with E-state index in [9.17, 15) is 14.7 Å². The molecule has 0 fully saturated rings. The lowest BCUT2D eigenvalue weighted by Gasteiger charge is -2.15. The zero-order chi connectivity index (χ0) is 26.5. The maximum Gasteiger partial charge on any atom is 0.306 e. The van der Waals surface area contributed by atoms with Crippen LogP contribution in [-0.2, 0) is 19.1 Å². The molecule has 1 N–H and O–H groups in total. The van der Waals surface area contributed by atoms with Gasteiger partial charge in [-0.3, -0.25) is 9.59 Å². The quantitative estimate of drug-likeness (QED) is 0.0680. The molecule has 0 spiro atoms. The van der Waals surface area contributed by atoms with Crippen molar-refractivity contribution in [1.82, 2.24) is 0 Å². The van der Waals surface area contributed by atoms with E-state index in [0.717, 1.165) is 38.5 Å². The van der Waals surface area contributed by atoms with Crippen molar-refractivity contribution >= 4 is 11.9 Å². The molecule has 0 aromatic rings. The Balaban J connectivity index is 3.46. The minimum absolute atomic E-state index is 0.0668. The second-order valence-electron chi connectivity index (χ2n) is 10.2. The van der Waals surface area contributed by atoms with E-state index in [4.69, 9.17) is 9.47 Å². The van der Waals surface area contributed by atoms with Gasteiger partial charge in [0, 0.05) is 12.8 Å². The van der Waals surface area contributed by atoms with Gasteiger partial charge in [-0.2, -0.15) is 0 Å². The van der Waals surface area contributed by atoms with E-state index in [0.29, 0.717) is 12.8 Å². The highest BCUT2D eigenvalue weighted by molar-refractivity contribution is 5.70. The van der Waals surface area contributed by atoms with E-state index in [1.165, 1.54) is 89.9 Å². The molecule has 5 nitrogen and oxygen atoms in total. The van der Waals surface area contributed by atoms with Crippen molar-refractivity contribution < 1.29 is 24.2 Å². The van der Waals surface area contributed by atoms with Crippen molar-refractivity contribution in [1.29, 1.82) is 0 Å². The summed E-state index contributed by atoms with van der Waals surface area (Å²) in [5.41, 5.74) is 0. The average molecular weight is 511 g/mol. The topological polar surface area (TPSA) is 72.8 Å². The molecule has 0 aromatic carbocycles. The molecule has 0 saturated heterocycles. The van der Waals surface area contributed by atoms with Gasteiger partial charge in [0.15, 0.2) is 6.10 Å². The standard InChI is InChI=1S/C31H58O5/c1-3-5-7-8-9-10-11-12-13-14-15-16-17-18-19-20-21-22-24-26-31(34)36-29(27-32)28-35-30(33)25-23-6-4-2/h12-13,29,32H,3-11,14-28H2,1-2H3/b13-12-. The van der Waals surface area contributed by atoms with Crippen molar-refractivity contribution in [3.63, 3.8) is 0 Å². The zero-order valence-corrected chi connectivity index (χ0v) is 23.8. The molecule has 0 aromatic heterocycles. The van der Waals surface area contributed by atoms with Crippen LogP contribution in [0.15, 0.2) is 12.2 Å². The Hall–Kier alpha value is -1.36. The van der Waals surface area contributed by atoms with Crippen molar-refractivity contribution in [2.75, 3.05) is 13.2 Å². The molecule has 0 saturated carbocycles. The van der Waals surface area contributed by atoms with Crippen molar-refractivity contribution in [3.05, 3.63) is 12.2 Å². The first-order valence-corrected chi connectivity index (χ1v) is 15.2. The van der Waals surface area contributed by atoms with Gasteiger partial charge < -0.3 is 14.6 Å². The summed E-state index contributed by atoms with van der Waals surface area (Å²) in [6.45, 7) is 3.95. The number of aliphatic hydroxyl groups is 1. The van der Waals surface area contributed by atoms with E-state index in [1.54, 1.807) is 0 Å². The molecule has 0 radical (unpaired) electrons. The van der Waals surface area contributed by atoms with Crippen LogP contribution in [0, 0.1) is 0 Å². The fourth-order valence-corrected chi connectivity index (χ4v) is 4.19. The molecule has 0 heterocycles. The van der Waals surface area contributed by atoms with Gasteiger partial charge in [-0.1, -0.05) is 116 Å². The molecular formula is C31H58O5. The number of hydrogen-bond donors (Lipinski definition) is 1. The van der Waals surface area contributed by atoms with Crippen LogP contribution in [0.2, 0.25) is 0 Å². The lowest BCUT2D eigenvalue weighted by atomic mass is 10.1. The van der Waals surface area contributed by atoms with Crippen LogP contribution >= 0.6 is 0 Å². The second-order valence-corrected chi connectivity index (χ2v) is 10.2. The summed E-state index contributed by atoms with van der Waals surface area (Å²) < 4.78 is 10.3. The van der Waals surface area contributed by atoms with Gasteiger partial charge in [0.05, 0.1) is 6.61 Å². The molecule has 0 amide bonds. The third-order valence-electron chi connectivity index (χ3n) is 6.56. The highest BCUT2D eigenvalue weighted by Gasteiger charge is 2.15. The SMILES string of the molecule is CCCCCCCC/C=C\CCCCCCCCCCCC(=O)OC(CO)COC(=O)CCCCC. The molecule has 1 atom stereocenters. The summed E-state index contributed by atoms with van der Waals surface area (Å²) in [5.74, 6) is -0.620. The largest absolute Gasteiger partial charge is 0.462 e. The molecule has 0 aliphatic carbocycles. The lowest BCUT2D eigenvalue weighted by Crippen LogP contribution is -2.28. The first-order chi connectivity index (χ1) is 17.6. The molecule has 212 valence electrons. The lowest BCUT2D eigenvalue weighted by molar-refractivity contribution is -0.161. The summed E-state index contributed by atoms with van der Waals surface area (Å²) in [6, 6.07) is 0. The third kappa shape index (κ3) is 25.7. The fraction of sp³-hybridized carbons (Fsp3) is 0.871. The number of carbonyl (C=O) groups excluding carboxylic acids is 2. The number of carbonyl (C=O) groups is 2. The van der Waals surface area contributed by atoms with Crippen LogP contribution in [0.5, 0.6) is 0 Å². The highest BCUT2D eigenvalue weighted by Crippen LogP contribution is 2.13. The first-order valence-electron chi connectivity index (χ1n) is 15.2. The minimum atomic E-state index is -0.761. The molecule has 0 aliphatic rings. The van der Waals surface area contributed by atoms with E-state index in [1.807, 2.05) is 0 Å². The van der Waals surface area contributed by atoms with Crippen LogP contribution in [0.4, 0.5) is 0 Å². The van der Waals surface area contributed by atoms with Crippen LogP contribution in [0.25, 0.3) is 0 Å². The smallest absolute Gasteiger partial charge is 0.306 e. The maximum absolute atomic E-state index is 12.0. The maximum atomic E-state index is 12.0. The molecular weight excluding hydrogens is 452 g/mol. The number of rotatable bonds is 27. The molecule has 0 aliphatic heterocycles. The highest BCUT2D eigenvalue weighted by atomic mass is 16.6. The average Bonchev–Trinajstić information content (AvgIpc) is 2.88. The van der Waals surface area contributed by atoms with Gasteiger partial charge in [0.25, 0.3) is 0 Å². The summed E-state index contributed by atoms with van der Waals surface area (Å²) >= 11 is 0. The van der Waals surface area contributed by atoms with Gasteiger partial charge in [0.2, 0.25) is 0 Å². The van der Waals surface area contributed by atoms with Crippen LogP contribution in [0.3, 0.4) is 0 Å². The first kappa shape index (κ1) is 34.6. The monoisotopic (exact) mass is 510 g/mol. The Kier molecular flexibility index (Phi) is 27.1. The molecule has 36 heavy (non-hydrogen) atoms. The Morgan fingerprint density at radius 2 is 1.03 bits per heavy atom. The summed E-state index contributed by atoms with van der Waals surface area (Å²) in [5, 5.41) is 9.36. The summed E-state index contributed by atoms with van der Waals surface area (Å²) in [6.07, 6.45) is 29.0. The molecule has 0 bridgehead atoms. The number of hydrogen-bond acceptors (Lipinski definition) is 5. The Bertz CT molecular complexity index is 517. The van der Waals surface area contributed by atoms with E-state index in [-0.39, 0.29) is 25.2 Å². The number of allylic oxidation sites excluding steroid dienone is 2. The Morgan fingerprint density at radius 1 is 0.611 bits per heavy atom. The number of esters is 2. The van der Waals surface area contributed by atoms with Gasteiger partial charge in [-0.25, -0.2) is 0 Å². The van der Waals surface area contributed by atoms with Crippen molar-refractivity contribution in [2.24, 2.45) is 0 Å². The third-order valence-corrected chi connectivity index (χ3v) is 6.56. The second kappa shape index (κ2) is 28.2. The predicted molar refractivity (Wildman–Crippen MR) is 150 cm³/mol. The van der Waals surface area contributed by atoms with E-state index in [2.05, 4.69) is 26.0 Å². The van der Waals surface area contributed by atoms with E-state index < -0.39 is 6.10 Å². The van der Waals surface area contributed by atoms with Crippen LogP contribution in [0.1, 0.15) is 155 Å². The zero-order valence-electron chi connectivity index (χ0n) is 23.8. The van der Waals surface area contributed by atoms with E-state index >= 15 is 0 Å². The molecule has 5 heteroatoms. The number of aliphatic hydroxyl groups excluding tert-OH is 1. The van der Waals surface area contributed by atoms with Gasteiger partial charge in [-0.15, -0.1) is 0 Å². The minimum Gasteiger partial charge on any atom is -0.462 e. The molecule has 0 rings (SSSR count). The van der Waals surface area contributed by atoms with Gasteiger partial charge in [0.1, 0.15) is 6.61 Å². The number of ether oxygens (including phenoxy) is 2. The fourth-order valence-electron chi connectivity index (χ4n) is 4.19. The van der Waals surface area contributed by atoms with Crippen LogP contribution in [-0.4, -0.2) is 36.4 Å². The summed E-state index contributed by atoms with van der Waals surface area (Å²) in [4.78, 5) is 23.6. The normalized spacial score (nSPS) is 12.2. The van der Waals surface area contributed by atoms with Crippen molar-refractivity contribution in [3.8, 4) is 0 Å². The predicted octanol–water partition coefficient (Wildman–Crippen LogP) is 8.61. The van der Waals surface area contributed by atoms with Crippen LogP contribution < -0.4 is 0 Å². The number of unbranched alkanes of at least 4 members (excludes halogenated alkanes) is 17. The Morgan fingerprint density at radius 3 is 1.56 bits per heavy atom.